The average Bonchev–Trinajstić information content (AvgIpc) is 3.25. The van der Waals surface area contributed by atoms with Gasteiger partial charge in [-0.1, -0.05) is 42.5 Å². The van der Waals surface area contributed by atoms with Gasteiger partial charge in [0.25, 0.3) is 0 Å². The summed E-state index contributed by atoms with van der Waals surface area (Å²) >= 11 is 0. The van der Waals surface area contributed by atoms with Gasteiger partial charge >= 0.3 is 0 Å². The van der Waals surface area contributed by atoms with E-state index in [0.717, 1.165) is 32.0 Å². The zero-order chi connectivity index (χ0) is 14.5. The number of hydrogen-bond donors (Lipinski definition) is 1. The largest absolute Gasteiger partial charge is 0.313 e. The highest BCUT2D eigenvalue weighted by atomic mass is 15.4. The number of nitrogens with zero attached hydrogens (tertiary/aromatic N) is 3. The Labute approximate surface area is 126 Å². The number of hydrogen-bond acceptors (Lipinski definition) is 3. The SMILES string of the molecule is CCCn1nncc1CC(CNC1CC1)c1ccccc1. The lowest BCUT2D eigenvalue weighted by molar-refractivity contribution is 0.519. The molecular weight excluding hydrogens is 260 g/mol. The predicted molar refractivity (Wildman–Crippen MR) is 84.2 cm³/mol. The van der Waals surface area contributed by atoms with Crippen LogP contribution in [0.1, 0.15) is 43.4 Å². The standard InChI is InChI=1S/C17H24N4/c1-2-10-21-17(13-19-20-21)11-15(12-18-16-8-9-16)14-6-4-3-5-7-14/h3-7,13,15-16,18H,2,8-12H2,1H3. The lowest BCUT2D eigenvalue weighted by Crippen LogP contribution is -2.25. The summed E-state index contributed by atoms with van der Waals surface area (Å²) in [5.41, 5.74) is 2.64. The van der Waals surface area contributed by atoms with Crippen LogP contribution in [0.4, 0.5) is 0 Å². The van der Waals surface area contributed by atoms with Crippen LogP contribution in [0.25, 0.3) is 0 Å². The van der Waals surface area contributed by atoms with Gasteiger partial charge in [-0.3, -0.25) is 0 Å². The second kappa shape index (κ2) is 6.85. The summed E-state index contributed by atoms with van der Waals surface area (Å²) in [6.07, 6.45) is 6.67. The molecule has 4 heteroatoms. The first-order valence-corrected chi connectivity index (χ1v) is 8.02. The zero-order valence-electron chi connectivity index (χ0n) is 12.7. The van der Waals surface area contributed by atoms with Crippen LogP contribution in [-0.4, -0.2) is 27.6 Å². The minimum Gasteiger partial charge on any atom is -0.313 e. The number of rotatable bonds is 8. The second-order valence-electron chi connectivity index (χ2n) is 5.94. The molecule has 0 bridgehead atoms. The smallest absolute Gasteiger partial charge is 0.0725 e. The highest BCUT2D eigenvalue weighted by Gasteiger charge is 2.23. The summed E-state index contributed by atoms with van der Waals surface area (Å²) in [5, 5.41) is 12.0. The molecule has 0 amide bonds. The van der Waals surface area contributed by atoms with Crippen LogP contribution in [0.2, 0.25) is 0 Å². The monoisotopic (exact) mass is 284 g/mol. The highest BCUT2D eigenvalue weighted by molar-refractivity contribution is 5.22. The van der Waals surface area contributed by atoms with Crippen LogP contribution in [0.3, 0.4) is 0 Å². The van der Waals surface area contributed by atoms with Crippen LogP contribution in [0.5, 0.6) is 0 Å². The van der Waals surface area contributed by atoms with Crippen LogP contribution in [0.15, 0.2) is 36.5 Å². The van der Waals surface area contributed by atoms with Gasteiger partial charge in [0.05, 0.1) is 11.9 Å². The molecule has 0 radical (unpaired) electrons. The van der Waals surface area contributed by atoms with Crippen molar-refractivity contribution in [3.05, 3.63) is 47.8 Å². The first kappa shape index (κ1) is 14.3. The molecule has 112 valence electrons. The van der Waals surface area contributed by atoms with Crippen molar-refractivity contribution in [1.82, 2.24) is 20.3 Å². The molecule has 1 atom stereocenters. The quantitative estimate of drug-likeness (QED) is 0.810. The van der Waals surface area contributed by atoms with E-state index in [2.05, 4.69) is 52.9 Å². The Hall–Kier alpha value is -1.68. The zero-order valence-corrected chi connectivity index (χ0v) is 12.7. The van der Waals surface area contributed by atoms with Crippen LogP contribution in [-0.2, 0) is 13.0 Å². The van der Waals surface area contributed by atoms with Gasteiger partial charge in [-0.2, -0.15) is 0 Å². The van der Waals surface area contributed by atoms with Crippen molar-refractivity contribution >= 4 is 0 Å². The fourth-order valence-corrected chi connectivity index (χ4v) is 2.72. The van der Waals surface area contributed by atoms with Crippen molar-refractivity contribution < 1.29 is 0 Å². The summed E-state index contributed by atoms with van der Waals surface area (Å²) < 4.78 is 2.05. The van der Waals surface area contributed by atoms with E-state index in [1.54, 1.807) is 0 Å². The van der Waals surface area contributed by atoms with Gasteiger partial charge in [0.1, 0.15) is 0 Å². The van der Waals surface area contributed by atoms with Crippen molar-refractivity contribution in [3.63, 3.8) is 0 Å². The molecular formula is C17H24N4. The van der Waals surface area contributed by atoms with E-state index < -0.39 is 0 Å². The average molecular weight is 284 g/mol. The number of aryl methyl sites for hydroxylation is 1. The van der Waals surface area contributed by atoms with Gasteiger partial charge in [-0.05, 0) is 31.2 Å². The van der Waals surface area contributed by atoms with Gasteiger partial charge in [0.2, 0.25) is 0 Å². The highest BCUT2D eigenvalue weighted by Crippen LogP contribution is 2.23. The second-order valence-corrected chi connectivity index (χ2v) is 5.94. The number of benzene rings is 1. The van der Waals surface area contributed by atoms with E-state index >= 15 is 0 Å². The fourth-order valence-electron chi connectivity index (χ4n) is 2.72. The molecule has 2 aromatic rings. The van der Waals surface area contributed by atoms with E-state index in [9.17, 15) is 0 Å². The van der Waals surface area contributed by atoms with Gasteiger partial charge in [0.15, 0.2) is 0 Å². The van der Waals surface area contributed by atoms with E-state index in [-0.39, 0.29) is 0 Å². The third-order valence-corrected chi connectivity index (χ3v) is 4.09. The van der Waals surface area contributed by atoms with E-state index in [1.807, 2.05) is 10.9 Å². The molecule has 1 fully saturated rings. The Bertz CT molecular complexity index is 545. The summed E-state index contributed by atoms with van der Waals surface area (Å²) in [6, 6.07) is 11.5. The van der Waals surface area contributed by atoms with Crippen molar-refractivity contribution in [1.29, 1.82) is 0 Å². The van der Waals surface area contributed by atoms with Crippen molar-refractivity contribution in [3.8, 4) is 0 Å². The summed E-state index contributed by atoms with van der Waals surface area (Å²) in [5.74, 6) is 0.487. The molecule has 0 spiro atoms. The van der Waals surface area contributed by atoms with E-state index in [1.165, 1.54) is 24.1 Å². The molecule has 1 N–H and O–H groups in total. The van der Waals surface area contributed by atoms with Gasteiger partial charge < -0.3 is 5.32 Å². The lowest BCUT2D eigenvalue weighted by atomic mass is 9.94. The normalized spacial score (nSPS) is 16.0. The Morgan fingerprint density at radius 2 is 2.10 bits per heavy atom. The van der Waals surface area contributed by atoms with Crippen molar-refractivity contribution in [2.24, 2.45) is 0 Å². The Morgan fingerprint density at radius 3 is 2.81 bits per heavy atom. The number of aromatic nitrogens is 3. The number of nitrogens with one attached hydrogen (secondary N) is 1. The molecule has 21 heavy (non-hydrogen) atoms. The van der Waals surface area contributed by atoms with E-state index in [0.29, 0.717) is 5.92 Å². The van der Waals surface area contributed by atoms with Crippen molar-refractivity contribution in [2.45, 2.75) is 51.1 Å². The minimum absolute atomic E-state index is 0.487. The van der Waals surface area contributed by atoms with Crippen LogP contribution in [0, 0.1) is 0 Å². The Balaban J connectivity index is 1.72. The van der Waals surface area contributed by atoms with E-state index in [4.69, 9.17) is 0 Å². The first-order valence-electron chi connectivity index (χ1n) is 8.02. The molecule has 1 aliphatic carbocycles. The molecule has 1 aromatic carbocycles. The molecule has 0 saturated heterocycles. The van der Waals surface area contributed by atoms with Crippen molar-refractivity contribution in [2.75, 3.05) is 6.54 Å². The molecule has 1 aliphatic rings. The van der Waals surface area contributed by atoms with Gasteiger partial charge in [-0.15, -0.1) is 5.10 Å². The molecule has 1 heterocycles. The summed E-state index contributed by atoms with van der Waals surface area (Å²) in [7, 11) is 0. The fraction of sp³-hybridized carbons (Fsp3) is 0.529. The van der Waals surface area contributed by atoms with Crippen LogP contribution < -0.4 is 5.32 Å². The third-order valence-electron chi connectivity index (χ3n) is 4.09. The Kier molecular flexibility index (Phi) is 4.65. The molecule has 4 nitrogen and oxygen atoms in total. The topological polar surface area (TPSA) is 42.7 Å². The molecule has 1 aromatic heterocycles. The molecule has 1 unspecified atom stereocenters. The maximum Gasteiger partial charge on any atom is 0.0725 e. The molecule has 0 aliphatic heterocycles. The first-order chi connectivity index (χ1) is 10.4. The predicted octanol–water partition coefficient (Wildman–Crippen LogP) is 2.77. The van der Waals surface area contributed by atoms with Gasteiger partial charge in [-0.25, -0.2) is 4.68 Å². The maximum atomic E-state index is 4.21. The molecule has 3 rings (SSSR count). The molecule has 1 saturated carbocycles. The summed E-state index contributed by atoms with van der Waals surface area (Å²) in [6.45, 7) is 4.16. The lowest BCUT2D eigenvalue weighted by Gasteiger charge is -2.18. The summed E-state index contributed by atoms with van der Waals surface area (Å²) in [4.78, 5) is 0. The third kappa shape index (κ3) is 3.91. The van der Waals surface area contributed by atoms with Gasteiger partial charge in [0, 0.05) is 25.0 Å². The van der Waals surface area contributed by atoms with Crippen LogP contribution >= 0.6 is 0 Å². The Morgan fingerprint density at radius 1 is 1.29 bits per heavy atom. The maximum absolute atomic E-state index is 4.21. The minimum atomic E-state index is 0.487.